The van der Waals surface area contributed by atoms with Gasteiger partial charge in [-0.3, -0.25) is 0 Å². The van der Waals surface area contributed by atoms with Crippen molar-refractivity contribution >= 4 is 0 Å². The third-order valence-electron chi connectivity index (χ3n) is 1.85. The fourth-order valence-corrected chi connectivity index (χ4v) is 1.11. The highest BCUT2D eigenvalue weighted by Crippen LogP contribution is 1.98. The maximum absolute atomic E-state index is 9.40. The molecule has 1 atom stereocenters. The van der Waals surface area contributed by atoms with Gasteiger partial charge >= 0.3 is 0 Å². The molecule has 1 unspecified atom stereocenters. The quantitative estimate of drug-likeness (QED) is 0.578. The number of nitrogens with zero attached hydrogens (tertiary/aromatic N) is 1. The summed E-state index contributed by atoms with van der Waals surface area (Å²) in [5.74, 6) is 0.774. The van der Waals surface area contributed by atoms with Gasteiger partial charge in [-0.2, -0.15) is 0 Å². The zero-order chi connectivity index (χ0) is 10.2. The lowest BCUT2D eigenvalue weighted by Gasteiger charge is -2.09. The van der Waals surface area contributed by atoms with Gasteiger partial charge in [0.1, 0.15) is 12.4 Å². The minimum absolute atomic E-state index is 0.334. The average Bonchev–Trinajstić information content (AvgIpc) is 2.67. The molecule has 0 aliphatic carbocycles. The maximum atomic E-state index is 9.40. The van der Waals surface area contributed by atoms with Crippen LogP contribution in [0.15, 0.2) is 12.4 Å². The van der Waals surface area contributed by atoms with Gasteiger partial charge in [-0.05, 0) is 19.4 Å². The van der Waals surface area contributed by atoms with E-state index in [4.69, 9.17) is 10.5 Å². The summed E-state index contributed by atoms with van der Waals surface area (Å²) in [6.45, 7) is 1.35. The van der Waals surface area contributed by atoms with Crippen molar-refractivity contribution in [1.82, 2.24) is 9.97 Å². The molecule has 1 rings (SSSR count). The zero-order valence-corrected chi connectivity index (χ0v) is 8.15. The first kappa shape index (κ1) is 11.2. The van der Waals surface area contributed by atoms with Gasteiger partial charge in [0.15, 0.2) is 0 Å². The summed E-state index contributed by atoms with van der Waals surface area (Å²) in [5.41, 5.74) is 5.32. The SMILES string of the molecule is NCCCC(O)COCc1ncc[nH]1. The van der Waals surface area contributed by atoms with Crippen LogP contribution in [0.5, 0.6) is 0 Å². The van der Waals surface area contributed by atoms with Crippen LogP contribution >= 0.6 is 0 Å². The van der Waals surface area contributed by atoms with Crippen molar-refractivity contribution in [3.8, 4) is 0 Å². The molecule has 0 radical (unpaired) electrons. The van der Waals surface area contributed by atoms with E-state index in [-0.39, 0.29) is 0 Å². The third-order valence-corrected chi connectivity index (χ3v) is 1.85. The average molecular weight is 199 g/mol. The Kier molecular flexibility index (Phi) is 5.21. The number of hydrogen-bond donors (Lipinski definition) is 3. The molecule has 1 aromatic rings. The van der Waals surface area contributed by atoms with E-state index in [1.807, 2.05) is 0 Å². The van der Waals surface area contributed by atoms with Crippen molar-refractivity contribution in [1.29, 1.82) is 0 Å². The number of nitrogens with two attached hydrogens (primary N) is 1. The van der Waals surface area contributed by atoms with Crippen LogP contribution in [0.25, 0.3) is 0 Å². The number of H-pyrrole nitrogens is 1. The second kappa shape index (κ2) is 6.53. The predicted octanol–water partition coefficient (Wildman–Crippen LogP) is 0.0261. The van der Waals surface area contributed by atoms with Crippen molar-refractivity contribution in [2.24, 2.45) is 5.73 Å². The topological polar surface area (TPSA) is 84.2 Å². The van der Waals surface area contributed by atoms with E-state index in [1.54, 1.807) is 12.4 Å². The summed E-state index contributed by atoms with van der Waals surface area (Å²) < 4.78 is 5.25. The monoisotopic (exact) mass is 199 g/mol. The van der Waals surface area contributed by atoms with Crippen LogP contribution in [-0.2, 0) is 11.3 Å². The minimum atomic E-state index is -0.423. The Morgan fingerprint density at radius 3 is 3.14 bits per heavy atom. The lowest BCUT2D eigenvalue weighted by Crippen LogP contribution is -2.16. The number of aliphatic hydroxyl groups is 1. The van der Waals surface area contributed by atoms with Crippen LogP contribution in [-0.4, -0.2) is 34.3 Å². The van der Waals surface area contributed by atoms with E-state index in [2.05, 4.69) is 9.97 Å². The molecule has 0 bridgehead atoms. The first-order valence-electron chi connectivity index (χ1n) is 4.77. The summed E-state index contributed by atoms with van der Waals surface area (Å²) in [5, 5.41) is 9.40. The Morgan fingerprint density at radius 2 is 2.50 bits per heavy atom. The largest absolute Gasteiger partial charge is 0.391 e. The molecule has 5 heteroatoms. The fourth-order valence-electron chi connectivity index (χ4n) is 1.11. The molecule has 1 heterocycles. The standard InChI is InChI=1S/C9H17N3O2/c10-3-1-2-8(13)6-14-7-9-11-4-5-12-9/h4-5,8,13H,1-3,6-7,10H2,(H,11,12). The van der Waals surface area contributed by atoms with Crippen LogP contribution in [0.1, 0.15) is 18.7 Å². The molecule has 1 aromatic heterocycles. The smallest absolute Gasteiger partial charge is 0.132 e. The van der Waals surface area contributed by atoms with Crippen LogP contribution < -0.4 is 5.73 Å². The Hall–Kier alpha value is -0.910. The number of imidazole rings is 1. The predicted molar refractivity (Wildman–Crippen MR) is 52.5 cm³/mol. The van der Waals surface area contributed by atoms with E-state index < -0.39 is 6.10 Å². The summed E-state index contributed by atoms with van der Waals surface area (Å²) in [4.78, 5) is 6.91. The van der Waals surface area contributed by atoms with Gasteiger partial charge in [0.2, 0.25) is 0 Å². The molecule has 0 aromatic carbocycles. The molecule has 0 saturated carbocycles. The van der Waals surface area contributed by atoms with Gasteiger partial charge in [-0.25, -0.2) is 4.98 Å². The minimum Gasteiger partial charge on any atom is -0.391 e. The zero-order valence-electron chi connectivity index (χ0n) is 8.15. The molecule has 0 saturated heterocycles. The lowest BCUT2D eigenvalue weighted by molar-refractivity contribution is 0.0218. The van der Waals surface area contributed by atoms with Gasteiger partial charge < -0.3 is 20.6 Å². The number of aromatic nitrogens is 2. The number of hydrogen-bond acceptors (Lipinski definition) is 4. The van der Waals surface area contributed by atoms with Crippen LogP contribution in [0.4, 0.5) is 0 Å². The molecule has 0 aliphatic heterocycles. The normalized spacial score (nSPS) is 13.0. The number of aliphatic hydroxyl groups excluding tert-OH is 1. The molecule has 80 valence electrons. The van der Waals surface area contributed by atoms with E-state index in [1.165, 1.54) is 0 Å². The number of rotatable bonds is 7. The molecule has 5 nitrogen and oxygen atoms in total. The number of aromatic amines is 1. The van der Waals surface area contributed by atoms with Crippen molar-refractivity contribution in [2.45, 2.75) is 25.6 Å². The second-order valence-corrected chi connectivity index (χ2v) is 3.14. The van der Waals surface area contributed by atoms with Crippen molar-refractivity contribution in [2.75, 3.05) is 13.2 Å². The second-order valence-electron chi connectivity index (χ2n) is 3.14. The van der Waals surface area contributed by atoms with E-state index in [9.17, 15) is 5.11 Å². The van der Waals surface area contributed by atoms with Crippen molar-refractivity contribution in [3.63, 3.8) is 0 Å². The molecular formula is C9H17N3O2. The Labute approximate surface area is 83.3 Å². The van der Waals surface area contributed by atoms with Gasteiger partial charge in [0.05, 0.1) is 12.7 Å². The summed E-state index contributed by atoms with van der Waals surface area (Å²) in [6, 6.07) is 0. The first-order chi connectivity index (χ1) is 6.83. The van der Waals surface area contributed by atoms with Crippen molar-refractivity contribution < 1.29 is 9.84 Å². The summed E-state index contributed by atoms with van der Waals surface area (Å²) in [6.07, 6.45) is 4.50. The van der Waals surface area contributed by atoms with E-state index in [0.29, 0.717) is 26.2 Å². The first-order valence-corrected chi connectivity index (χ1v) is 4.77. The number of nitrogens with one attached hydrogen (secondary N) is 1. The third kappa shape index (κ3) is 4.36. The fraction of sp³-hybridized carbons (Fsp3) is 0.667. The van der Waals surface area contributed by atoms with Gasteiger partial charge in [-0.15, -0.1) is 0 Å². The summed E-state index contributed by atoms with van der Waals surface area (Å²) in [7, 11) is 0. The Morgan fingerprint density at radius 1 is 1.64 bits per heavy atom. The Bertz CT molecular complexity index is 226. The van der Waals surface area contributed by atoms with Crippen LogP contribution in [0, 0.1) is 0 Å². The maximum Gasteiger partial charge on any atom is 0.132 e. The summed E-state index contributed by atoms with van der Waals surface area (Å²) >= 11 is 0. The molecule has 14 heavy (non-hydrogen) atoms. The molecule has 0 spiro atoms. The Balaban J connectivity index is 2.03. The van der Waals surface area contributed by atoms with Gasteiger partial charge in [-0.1, -0.05) is 0 Å². The number of ether oxygens (including phenoxy) is 1. The highest BCUT2D eigenvalue weighted by molar-refractivity contribution is 4.83. The molecule has 0 amide bonds. The molecular weight excluding hydrogens is 182 g/mol. The lowest BCUT2D eigenvalue weighted by atomic mass is 10.2. The molecule has 0 fully saturated rings. The molecule has 4 N–H and O–H groups in total. The van der Waals surface area contributed by atoms with E-state index in [0.717, 1.165) is 12.2 Å². The van der Waals surface area contributed by atoms with Crippen LogP contribution in [0.2, 0.25) is 0 Å². The highest BCUT2D eigenvalue weighted by atomic mass is 16.5. The van der Waals surface area contributed by atoms with Gasteiger partial charge in [0.25, 0.3) is 0 Å². The van der Waals surface area contributed by atoms with Gasteiger partial charge in [0, 0.05) is 12.4 Å². The van der Waals surface area contributed by atoms with E-state index >= 15 is 0 Å². The molecule has 0 aliphatic rings. The van der Waals surface area contributed by atoms with Crippen LogP contribution in [0.3, 0.4) is 0 Å². The highest BCUT2D eigenvalue weighted by Gasteiger charge is 2.03. The van der Waals surface area contributed by atoms with Crippen molar-refractivity contribution in [3.05, 3.63) is 18.2 Å².